The lowest BCUT2D eigenvalue weighted by Crippen LogP contribution is -2.37. The third kappa shape index (κ3) is 10.3. The van der Waals surface area contributed by atoms with Gasteiger partial charge in [0, 0.05) is 19.2 Å². The van der Waals surface area contributed by atoms with Gasteiger partial charge in [0.05, 0.1) is 12.7 Å². The van der Waals surface area contributed by atoms with E-state index in [4.69, 9.17) is 4.74 Å². The monoisotopic (exact) mass is 273 g/mol. The van der Waals surface area contributed by atoms with Gasteiger partial charge in [-0.2, -0.15) is 0 Å². The molecular weight excluding hydrogens is 238 g/mol. The molecule has 2 unspecified atom stereocenters. The Hall–Kier alpha value is -0.120. The fraction of sp³-hybridized carbons (Fsp3) is 1.00. The second-order valence-electron chi connectivity index (χ2n) is 5.53. The Balaban J connectivity index is 3.62. The number of hydrogen-bond donors (Lipinski definition) is 2. The maximum absolute atomic E-state index is 9.86. The minimum absolute atomic E-state index is 0.385. The number of hydrogen-bond acceptors (Lipinski definition) is 3. The minimum atomic E-state index is -0.385. The zero-order valence-corrected chi connectivity index (χ0v) is 13.5. The number of ether oxygens (including phenoxy) is 1. The van der Waals surface area contributed by atoms with E-state index in [-0.39, 0.29) is 6.10 Å². The first kappa shape index (κ1) is 18.9. The van der Waals surface area contributed by atoms with Crippen molar-refractivity contribution in [3.05, 3.63) is 0 Å². The first-order valence-electron chi connectivity index (χ1n) is 8.16. The van der Waals surface area contributed by atoms with E-state index in [1.807, 2.05) is 0 Å². The number of nitrogens with one attached hydrogen (secondary N) is 1. The van der Waals surface area contributed by atoms with Crippen molar-refractivity contribution in [2.75, 3.05) is 19.8 Å². The van der Waals surface area contributed by atoms with Gasteiger partial charge in [0.1, 0.15) is 0 Å². The molecule has 0 aromatic rings. The summed E-state index contributed by atoms with van der Waals surface area (Å²) in [4.78, 5) is 0. The summed E-state index contributed by atoms with van der Waals surface area (Å²) in [6, 6.07) is 0.516. The third-order valence-electron chi connectivity index (χ3n) is 3.83. The van der Waals surface area contributed by atoms with Crippen molar-refractivity contribution in [2.24, 2.45) is 5.92 Å². The molecule has 0 aromatic heterocycles. The molecular formula is C16H35NO2. The van der Waals surface area contributed by atoms with E-state index in [1.54, 1.807) is 0 Å². The van der Waals surface area contributed by atoms with Gasteiger partial charge in [-0.15, -0.1) is 0 Å². The molecule has 0 fully saturated rings. The highest BCUT2D eigenvalue weighted by atomic mass is 16.5. The van der Waals surface area contributed by atoms with Crippen molar-refractivity contribution in [1.82, 2.24) is 5.32 Å². The Morgan fingerprint density at radius 2 is 1.68 bits per heavy atom. The zero-order chi connectivity index (χ0) is 14.5. The Labute approximate surface area is 120 Å². The Kier molecular flexibility index (Phi) is 12.8. The van der Waals surface area contributed by atoms with E-state index in [9.17, 15) is 5.11 Å². The van der Waals surface area contributed by atoms with Crippen LogP contribution < -0.4 is 5.32 Å². The molecule has 3 nitrogen and oxygen atoms in total. The highest BCUT2D eigenvalue weighted by Gasteiger charge is 2.10. The molecule has 0 radical (unpaired) electrons. The van der Waals surface area contributed by atoms with Gasteiger partial charge in [0.25, 0.3) is 0 Å². The lowest BCUT2D eigenvalue weighted by molar-refractivity contribution is 0.0182. The van der Waals surface area contributed by atoms with E-state index in [0.717, 1.165) is 19.4 Å². The summed E-state index contributed by atoms with van der Waals surface area (Å²) in [6.45, 7) is 10.7. The summed E-state index contributed by atoms with van der Waals surface area (Å²) in [7, 11) is 0. The number of aliphatic hydroxyl groups is 1. The van der Waals surface area contributed by atoms with Gasteiger partial charge in [-0.3, -0.25) is 0 Å². The van der Waals surface area contributed by atoms with Crippen LogP contribution in [-0.4, -0.2) is 37.0 Å². The average molecular weight is 273 g/mol. The smallest absolute Gasteiger partial charge is 0.0897 e. The second-order valence-corrected chi connectivity index (χ2v) is 5.53. The number of unbranched alkanes of at least 4 members (excludes halogenated alkanes) is 1. The van der Waals surface area contributed by atoms with Crippen molar-refractivity contribution >= 4 is 0 Å². The van der Waals surface area contributed by atoms with Gasteiger partial charge in [-0.25, -0.2) is 0 Å². The van der Waals surface area contributed by atoms with Gasteiger partial charge in [-0.1, -0.05) is 47.0 Å². The molecule has 0 rings (SSSR count). The van der Waals surface area contributed by atoms with Crippen LogP contribution in [0.2, 0.25) is 0 Å². The van der Waals surface area contributed by atoms with Crippen LogP contribution in [0.4, 0.5) is 0 Å². The molecule has 0 saturated carbocycles. The fourth-order valence-electron chi connectivity index (χ4n) is 2.21. The topological polar surface area (TPSA) is 41.5 Å². The van der Waals surface area contributed by atoms with Crippen LogP contribution in [0.5, 0.6) is 0 Å². The highest BCUT2D eigenvalue weighted by molar-refractivity contribution is 4.66. The minimum Gasteiger partial charge on any atom is -0.389 e. The molecule has 0 aliphatic carbocycles. The van der Waals surface area contributed by atoms with Gasteiger partial charge in [0.15, 0.2) is 0 Å². The summed E-state index contributed by atoms with van der Waals surface area (Å²) >= 11 is 0. The van der Waals surface area contributed by atoms with E-state index >= 15 is 0 Å². The van der Waals surface area contributed by atoms with Gasteiger partial charge in [0.2, 0.25) is 0 Å². The molecule has 3 heteroatoms. The molecule has 0 spiro atoms. The fourth-order valence-corrected chi connectivity index (χ4v) is 2.21. The maximum atomic E-state index is 9.86. The van der Waals surface area contributed by atoms with Crippen molar-refractivity contribution in [3.8, 4) is 0 Å². The lowest BCUT2D eigenvalue weighted by atomic mass is 10.0. The summed E-state index contributed by atoms with van der Waals surface area (Å²) < 4.78 is 5.66. The second kappa shape index (κ2) is 12.9. The van der Waals surface area contributed by atoms with Crippen LogP contribution in [0, 0.1) is 5.92 Å². The normalized spacial score (nSPS) is 14.8. The molecule has 0 heterocycles. The summed E-state index contributed by atoms with van der Waals surface area (Å²) in [5.41, 5.74) is 0. The van der Waals surface area contributed by atoms with Crippen LogP contribution in [0.25, 0.3) is 0 Å². The Bertz CT molecular complexity index is 184. The largest absolute Gasteiger partial charge is 0.389 e. The maximum Gasteiger partial charge on any atom is 0.0897 e. The average Bonchev–Trinajstić information content (AvgIpc) is 2.43. The summed E-state index contributed by atoms with van der Waals surface area (Å²) in [5, 5.41) is 13.2. The third-order valence-corrected chi connectivity index (χ3v) is 3.83. The van der Waals surface area contributed by atoms with Crippen molar-refractivity contribution in [3.63, 3.8) is 0 Å². The standard InChI is InChI=1S/C16H35NO2/c1-5-9-10-14(6-2)12-19-13-16(18)11-17-15(7-3)8-4/h14-18H,5-13H2,1-4H3. The lowest BCUT2D eigenvalue weighted by Gasteiger charge is -2.19. The molecule has 0 aliphatic rings. The molecule has 0 saturated heterocycles. The zero-order valence-electron chi connectivity index (χ0n) is 13.5. The van der Waals surface area contributed by atoms with Crippen LogP contribution in [0.1, 0.15) is 66.2 Å². The van der Waals surface area contributed by atoms with Crippen molar-refractivity contribution in [2.45, 2.75) is 78.4 Å². The first-order chi connectivity index (χ1) is 9.17. The molecule has 116 valence electrons. The van der Waals surface area contributed by atoms with Gasteiger partial charge in [-0.05, 0) is 25.2 Å². The molecule has 0 aromatic carbocycles. The summed E-state index contributed by atoms with van der Waals surface area (Å²) in [6.07, 6.45) is 6.78. The van der Waals surface area contributed by atoms with Crippen LogP contribution in [0.3, 0.4) is 0 Å². The van der Waals surface area contributed by atoms with E-state index < -0.39 is 0 Å². The van der Waals surface area contributed by atoms with Crippen LogP contribution >= 0.6 is 0 Å². The van der Waals surface area contributed by atoms with E-state index in [0.29, 0.717) is 25.1 Å². The predicted molar refractivity (Wildman–Crippen MR) is 82.5 cm³/mol. The van der Waals surface area contributed by atoms with Gasteiger partial charge < -0.3 is 15.2 Å². The predicted octanol–water partition coefficient (Wildman–Crippen LogP) is 3.36. The highest BCUT2D eigenvalue weighted by Crippen LogP contribution is 2.12. The molecule has 0 amide bonds. The molecule has 19 heavy (non-hydrogen) atoms. The summed E-state index contributed by atoms with van der Waals surface area (Å²) in [5.74, 6) is 0.652. The van der Waals surface area contributed by atoms with Gasteiger partial charge >= 0.3 is 0 Å². The first-order valence-corrected chi connectivity index (χ1v) is 8.16. The molecule has 0 bridgehead atoms. The quantitative estimate of drug-likeness (QED) is 0.541. The Morgan fingerprint density at radius 3 is 2.21 bits per heavy atom. The molecule has 0 aliphatic heterocycles. The number of rotatable bonds is 13. The Morgan fingerprint density at radius 1 is 1.00 bits per heavy atom. The van der Waals surface area contributed by atoms with E-state index in [2.05, 4.69) is 33.0 Å². The molecule has 2 atom stereocenters. The van der Waals surface area contributed by atoms with Crippen LogP contribution in [0.15, 0.2) is 0 Å². The van der Waals surface area contributed by atoms with Crippen molar-refractivity contribution in [1.29, 1.82) is 0 Å². The van der Waals surface area contributed by atoms with Crippen LogP contribution in [-0.2, 0) is 4.74 Å². The SMILES string of the molecule is CCCCC(CC)COCC(O)CNC(CC)CC. The van der Waals surface area contributed by atoms with E-state index in [1.165, 1.54) is 25.7 Å². The van der Waals surface area contributed by atoms with Crippen molar-refractivity contribution < 1.29 is 9.84 Å². The molecule has 2 N–H and O–H groups in total. The number of aliphatic hydroxyl groups excluding tert-OH is 1.